The zero-order valence-electron chi connectivity index (χ0n) is 11.4. The smallest absolute Gasteiger partial charge is 0.145 e. The normalized spacial score (nSPS) is 20.4. The van der Waals surface area contributed by atoms with Gasteiger partial charge in [-0.05, 0) is 25.5 Å². The van der Waals surface area contributed by atoms with Crippen LogP contribution in [0.15, 0.2) is 18.2 Å². The first-order valence-corrected chi connectivity index (χ1v) is 6.45. The van der Waals surface area contributed by atoms with Crippen LogP contribution in [0.2, 0.25) is 0 Å². The highest BCUT2D eigenvalue weighted by molar-refractivity contribution is 5.61. The monoisotopic (exact) mass is 250 g/mol. The first-order chi connectivity index (χ1) is 8.74. The highest BCUT2D eigenvalue weighted by atomic mass is 16.5. The summed E-state index contributed by atoms with van der Waals surface area (Å²) in [5, 5.41) is 3.50. The predicted molar refractivity (Wildman–Crippen MR) is 73.8 cm³/mol. The molecule has 100 valence electrons. The SMILES string of the molecule is COc1ccc(N2CCNC(C)CC2)c(OC)c1. The minimum Gasteiger partial charge on any atom is -0.497 e. The Labute approximate surface area is 109 Å². The largest absolute Gasteiger partial charge is 0.497 e. The van der Waals surface area contributed by atoms with Gasteiger partial charge in [-0.15, -0.1) is 0 Å². The Hall–Kier alpha value is -1.42. The van der Waals surface area contributed by atoms with Gasteiger partial charge in [-0.2, -0.15) is 0 Å². The molecule has 4 nitrogen and oxygen atoms in total. The van der Waals surface area contributed by atoms with Crippen molar-refractivity contribution in [1.29, 1.82) is 0 Å². The van der Waals surface area contributed by atoms with E-state index >= 15 is 0 Å². The van der Waals surface area contributed by atoms with E-state index in [-0.39, 0.29) is 0 Å². The lowest BCUT2D eigenvalue weighted by molar-refractivity contribution is 0.394. The van der Waals surface area contributed by atoms with E-state index in [4.69, 9.17) is 9.47 Å². The van der Waals surface area contributed by atoms with Crippen molar-refractivity contribution in [3.8, 4) is 11.5 Å². The second kappa shape index (κ2) is 5.96. The lowest BCUT2D eigenvalue weighted by Crippen LogP contribution is -2.29. The van der Waals surface area contributed by atoms with Gasteiger partial charge in [-0.3, -0.25) is 0 Å². The Kier molecular flexibility index (Phi) is 4.31. The van der Waals surface area contributed by atoms with E-state index in [0.717, 1.165) is 43.2 Å². The number of methoxy groups -OCH3 is 2. The Balaban J connectivity index is 2.20. The van der Waals surface area contributed by atoms with Gasteiger partial charge in [0.25, 0.3) is 0 Å². The summed E-state index contributed by atoms with van der Waals surface area (Å²) in [6.07, 6.45) is 1.15. The van der Waals surface area contributed by atoms with Crippen molar-refractivity contribution in [2.75, 3.05) is 38.8 Å². The van der Waals surface area contributed by atoms with Crippen molar-refractivity contribution >= 4 is 5.69 Å². The zero-order valence-corrected chi connectivity index (χ0v) is 11.4. The quantitative estimate of drug-likeness (QED) is 0.888. The summed E-state index contributed by atoms with van der Waals surface area (Å²) >= 11 is 0. The molecule has 1 aliphatic rings. The predicted octanol–water partition coefficient (Wildman–Crippen LogP) is 1.89. The van der Waals surface area contributed by atoms with Crippen LogP contribution in [0, 0.1) is 0 Å². The van der Waals surface area contributed by atoms with Crippen LogP contribution in [-0.2, 0) is 0 Å². The molecule has 1 aromatic carbocycles. The molecule has 0 aromatic heterocycles. The second-order valence-electron chi connectivity index (χ2n) is 4.67. The van der Waals surface area contributed by atoms with Gasteiger partial charge >= 0.3 is 0 Å². The van der Waals surface area contributed by atoms with Gasteiger partial charge in [-0.1, -0.05) is 0 Å². The Morgan fingerprint density at radius 3 is 2.78 bits per heavy atom. The molecule has 0 aliphatic carbocycles. The molecule has 0 spiro atoms. The number of nitrogens with zero attached hydrogens (tertiary/aromatic N) is 1. The Bertz CT molecular complexity index is 395. The maximum atomic E-state index is 5.47. The van der Waals surface area contributed by atoms with E-state index < -0.39 is 0 Å². The average Bonchev–Trinajstić information content (AvgIpc) is 2.62. The Morgan fingerprint density at radius 2 is 2.06 bits per heavy atom. The summed E-state index contributed by atoms with van der Waals surface area (Å²) in [5.41, 5.74) is 1.15. The highest BCUT2D eigenvalue weighted by Gasteiger charge is 2.17. The van der Waals surface area contributed by atoms with Crippen LogP contribution in [0.25, 0.3) is 0 Å². The number of hydrogen-bond donors (Lipinski definition) is 1. The number of benzene rings is 1. The molecule has 1 aromatic rings. The fourth-order valence-corrected chi connectivity index (χ4v) is 2.30. The lowest BCUT2D eigenvalue weighted by Gasteiger charge is -2.24. The lowest BCUT2D eigenvalue weighted by atomic mass is 10.2. The van der Waals surface area contributed by atoms with Crippen LogP contribution in [0.5, 0.6) is 11.5 Å². The van der Waals surface area contributed by atoms with E-state index in [0.29, 0.717) is 6.04 Å². The third kappa shape index (κ3) is 2.88. The first kappa shape index (κ1) is 13.0. The van der Waals surface area contributed by atoms with Gasteiger partial charge < -0.3 is 19.7 Å². The maximum absolute atomic E-state index is 5.47. The van der Waals surface area contributed by atoms with Crippen LogP contribution in [-0.4, -0.2) is 39.9 Å². The van der Waals surface area contributed by atoms with E-state index in [2.05, 4.69) is 23.2 Å². The average molecular weight is 250 g/mol. The minimum absolute atomic E-state index is 0.583. The van der Waals surface area contributed by atoms with Gasteiger partial charge in [0, 0.05) is 31.7 Å². The summed E-state index contributed by atoms with van der Waals surface area (Å²) in [6.45, 7) is 5.30. The molecule has 1 fully saturated rings. The molecule has 1 heterocycles. The molecular weight excluding hydrogens is 228 g/mol. The van der Waals surface area contributed by atoms with Crippen molar-refractivity contribution in [2.24, 2.45) is 0 Å². The van der Waals surface area contributed by atoms with Crippen LogP contribution in [0.3, 0.4) is 0 Å². The molecule has 1 saturated heterocycles. The molecular formula is C14H22N2O2. The molecule has 2 rings (SSSR count). The molecule has 0 saturated carbocycles. The topological polar surface area (TPSA) is 33.7 Å². The second-order valence-corrected chi connectivity index (χ2v) is 4.67. The van der Waals surface area contributed by atoms with Crippen molar-refractivity contribution in [3.05, 3.63) is 18.2 Å². The zero-order chi connectivity index (χ0) is 13.0. The number of ether oxygens (including phenoxy) is 2. The van der Waals surface area contributed by atoms with E-state index in [1.807, 2.05) is 12.1 Å². The van der Waals surface area contributed by atoms with Gasteiger partial charge in [0.15, 0.2) is 0 Å². The summed E-state index contributed by atoms with van der Waals surface area (Å²) in [7, 11) is 3.38. The van der Waals surface area contributed by atoms with Gasteiger partial charge in [0.2, 0.25) is 0 Å². The number of rotatable bonds is 3. The molecule has 1 N–H and O–H groups in total. The summed E-state index contributed by atoms with van der Waals surface area (Å²) in [6, 6.07) is 6.59. The molecule has 18 heavy (non-hydrogen) atoms. The molecule has 1 atom stereocenters. The first-order valence-electron chi connectivity index (χ1n) is 6.45. The molecule has 1 aliphatic heterocycles. The minimum atomic E-state index is 0.583. The fraction of sp³-hybridized carbons (Fsp3) is 0.571. The third-order valence-corrected chi connectivity index (χ3v) is 3.43. The molecule has 0 bridgehead atoms. The van der Waals surface area contributed by atoms with Crippen LogP contribution in [0.1, 0.15) is 13.3 Å². The summed E-state index contributed by atoms with van der Waals surface area (Å²) in [5.74, 6) is 1.71. The van der Waals surface area contributed by atoms with Crippen molar-refractivity contribution < 1.29 is 9.47 Å². The van der Waals surface area contributed by atoms with Crippen molar-refractivity contribution in [2.45, 2.75) is 19.4 Å². The van der Waals surface area contributed by atoms with Gasteiger partial charge in [0.1, 0.15) is 11.5 Å². The molecule has 0 radical (unpaired) electrons. The van der Waals surface area contributed by atoms with Crippen molar-refractivity contribution in [3.63, 3.8) is 0 Å². The third-order valence-electron chi connectivity index (χ3n) is 3.43. The molecule has 0 amide bonds. The van der Waals surface area contributed by atoms with E-state index in [1.54, 1.807) is 14.2 Å². The fourth-order valence-electron chi connectivity index (χ4n) is 2.30. The standard InChI is InChI=1S/C14H22N2O2/c1-11-6-8-16(9-7-15-11)13-5-4-12(17-2)10-14(13)18-3/h4-5,10-11,15H,6-9H2,1-3H3. The van der Waals surface area contributed by atoms with E-state index in [9.17, 15) is 0 Å². The van der Waals surface area contributed by atoms with Gasteiger partial charge in [0.05, 0.1) is 19.9 Å². The summed E-state index contributed by atoms with van der Waals surface area (Å²) < 4.78 is 10.7. The van der Waals surface area contributed by atoms with Crippen LogP contribution >= 0.6 is 0 Å². The summed E-state index contributed by atoms with van der Waals surface area (Å²) in [4.78, 5) is 2.37. The van der Waals surface area contributed by atoms with Crippen LogP contribution < -0.4 is 19.7 Å². The number of anilines is 1. The number of nitrogens with one attached hydrogen (secondary N) is 1. The maximum Gasteiger partial charge on any atom is 0.145 e. The highest BCUT2D eigenvalue weighted by Crippen LogP contribution is 2.32. The van der Waals surface area contributed by atoms with Crippen LogP contribution in [0.4, 0.5) is 5.69 Å². The van der Waals surface area contributed by atoms with E-state index in [1.165, 1.54) is 0 Å². The molecule has 1 unspecified atom stereocenters. The van der Waals surface area contributed by atoms with Gasteiger partial charge in [-0.25, -0.2) is 0 Å². The van der Waals surface area contributed by atoms with Crippen molar-refractivity contribution in [1.82, 2.24) is 5.32 Å². The Morgan fingerprint density at radius 1 is 1.22 bits per heavy atom. The number of hydrogen-bond acceptors (Lipinski definition) is 4. The molecule has 4 heteroatoms.